The summed E-state index contributed by atoms with van der Waals surface area (Å²) in [5.74, 6) is -1.19. The number of β-amino-alcohol motifs (C(OH)–C–C–N with tert-alkyl or cyclic N) is 1. The fourth-order valence-corrected chi connectivity index (χ4v) is 6.02. The second-order valence-corrected chi connectivity index (χ2v) is 10.5. The first kappa shape index (κ1) is 23.0. The number of nitrogens with zero attached hydrogens (tertiary/aromatic N) is 1. The molecule has 2 atom stereocenters. The van der Waals surface area contributed by atoms with Gasteiger partial charge in [0.05, 0.1) is 6.61 Å². The Kier molecular flexibility index (Phi) is 5.52. The highest BCUT2D eigenvalue weighted by atomic mass is 16.3. The van der Waals surface area contributed by atoms with Crippen LogP contribution in [0.25, 0.3) is 16.8 Å². The number of benzene rings is 3. The predicted octanol–water partition coefficient (Wildman–Crippen LogP) is 3.54. The maximum Gasteiger partial charge on any atom is 0.0610 e. The second kappa shape index (κ2) is 8.63. The molecular formula is C31H30N2O3-2. The van der Waals surface area contributed by atoms with Gasteiger partial charge in [0, 0.05) is 34.7 Å². The quantitative estimate of drug-likeness (QED) is 0.600. The van der Waals surface area contributed by atoms with Crippen LogP contribution in [0.1, 0.15) is 25.0 Å². The van der Waals surface area contributed by atoms with Crippen LogP contribution >= 0.6 is 0 Å². The molecule has 6 rings (SSSR count). The molecule has 0 radical (unpaired) electrons. The van der Waals surface area contributed by atoms with Gasteiger partial charge in [0.25, 0.3) is 0 Å². The topological polar surface area (TPSA) is 81.6 Å². The summed E-state index contributed by atoms with van der Waals surface area (Å²) >= 11 is 0. The molecule has 3 aliphatic rings. The number of hydrogen-bond donors (Lipinski definition) is 2. The Morgan fingerprint density at radius 2 is 1.64 bits per heavy atom. The minimum atomic E-state index is -1.01. The summed E-state index contributed by atoms with van der Waals surface area (Å²) in [6.07, 6.45) is 5.64. The largest absolute Gasteiger partial charge is 0.851 e. The van der Waals surface area contributed by atoms with E-state index < -0.39 is 24.0 Å². The molecule has 1 aliphatic carbocycles. The van der Waals surface area contributed by atoms with Crippen molar-refractivity contribution < 1.29 is 15.3 Å². The van der Waals surface area contributed by atoms with E-state index in [1.165, 1.54) is 16.3 Å². The number of rotatable bonds is 4. The summed E-state index contributed by atoms with van der Waals surface area (Å²) < 4.78 is 0. The predicted molar refractivity (Wildman–Crippen MR) is 141 cm³/mol. The minimum absolute atomic E-state index is 0.0174. The van der Waals surface area contributed by atoms with Gasteiger partial charge in [-0.1, -0.05) is 80.6 Å². The maximum absolute atomic E-state index is 13.3. The average molecular weight is 479 g/mol. The van der Waals surface area contributed by atoms with Crippen LogP contribution in [0.3, 0.4) is 0 Å². The molecule has 5 nitrogen and oxygen atoms in total. The average Bonchev–Trinajstić information content (AvgIpc) is 3.16. The summed E-state index contributed by atoms with van der Waals surface area (Å²) in [4.78, 5) is 1.99. The first-order valence-corrected chi connectivity index (χ1v) is 12.6. The molecule has 5 heteroatoms. The number of aliphatic hydroxyl groups excluding tert-OH is 1. The van der Waals surface area contributed by atoms with Crippen molar-refractivity contribution in [3.05, 3.63) is 101 Å². The van der Waals surface area contributed by atoms with Crippen molar-refractivity contribution >= 4 is 28.2 Å². The Balaban J connectivity index is 1.27. The fraction of sp³-hybridized carbons (Fsp3) is 0.290. The Hall–Kier alpha value is -3.38. The van der Waals surface area contributed by atoms with Gasteiger partial charge in [0.15, 0.2) is 0 Å². The van der Waals surface area contributed by atoms with Gasteiger partial charge < -0.3 is 25.5 Å². The van der Waals surface area contributed by atoms with Crippen molar-refractivity contribution in [2.24, 2.45) is 11.8 Å². The van der Waals surface area contributed by atoms with Crippen LogP contribution in [-0.4, -0.2) is 30.5 Å². The van der Waals surface area contributed by atoms with Gasteiger partial charge in [-0.05, 0) is 51.9 Å². The zero-order valence-corrected chi connectivity index (χ0v) is 20.5. The number of fused-ring (bicyclic) bond motifs is 4. The van der Waals surface area contributed by atoms with Crippen LogP contribution in [0.5, 0.6) is 0 Å². The summed E-state index contributed by atoms with van der Waals surface area (Å²) in [6.45, 7) is 4.69. The molecule has 2 N–H and O–H groups in total. The van der Waals surface area contributed by atoms with Gasteiger partial charge in [-0.2, -0.15) is 0 Å². The molecular weight excluding hydrogens is 448 g/mol. The Labute approximate surface area is 211 Å². The summed E-state index contributed by atoms with van der Waals surface area (Å²) in [5, 5.41) is 42.1. The van der Waals surface area contributed by atoms with Gasteiger partial charge in [0.1, 0.15) is 0 Å². The van der Waals surface area contributed by atoms with Crippen molar-refractivity contribution in [2.75, 3.05) is 23.4 Å². The van der Waals surface area contributed by atoms with Crippen LogP contribution < -0.4 is 20.4 Å². The molecule has 3 aromatic carbocycles. The van der Waals surface area contributed by atoms with Crippen molar-refractivity contribution in [3.8, 4) is 0 Å². The van der Waals surface area contributed by atoms with Crippen LogP contribution in [0.4, 0.5) is 11.4 Å². The van der Waals surface area contributed by atoms with Gasteiger partial charge in [-0.15, -0.1) is 12.2 Å². The molecule has 1 fully saturated rings. The smallest absolute Gasteiger partial charge is 0.0610 e. The molecule has 0 amide bonds. The first-order valence-electron chi connectivity index (χ1n) is 12.6. The van der Waals surface area contributed by atoms with Crippen LogP contribution in [0.15, 0.2) is 90.3 Å². The lowest BCUT2D eigenvalue weighted by molar-refractivity contribution is -0.550. The highest BCUT2D eigenvalue weighted by molar-refractivity contribution is 5.94. The normalized spacial score (nSPS) is 28.2. The van der Waals surface area contributed by atoms with E-state index >= 15 is 0 Å². The summed E-state index contributed by atoms with van der Waals surface area (Å²) in [6, 6.07) is 20.4. The van der Waals surface area contributed by atoms with E-state index in [9.17, 15) is 15.3 Å². The number of aliphatic hydroxyl groups is 1. The highest BCUT2D eigenvalue weighted by Gasteiger charge is 2.40. The lowest BCUT2D eigenvalue weighted by Crippen LogP contribution is -2.66. The van der Waals surface area contributed by atoms with Crippen molar-refractivity contribution in [1.82, 2.24) is 0 Å². The molecule has 0 bridgehead atoms. The molecule has 2 heterocycles. The lowest BCUT2D eigenvalue weighted by Gasteiger charge is -2.60. The van der Waals surface area contributed by atoms with E-state index in [0.717, 1.165) is 28.3 Å². The lowest BCUT2D eigenvalue weighted by atomic mass is 9.67. The van der Waals surface area contributed by atoms with Crippen LogP contribution in [-0.2, 0) is 5.41 Å². The van der Waals surface area contributed by atoms with Crippen molar-refractivity contribution in [2.45, 2.75) is 31.5 Å². The Morgan fingerprint density at radius 1 is 0.917 bits per heavy atom. The summed E-state index contributed by atoms with van der Waals surface area (Å²) in [7, 11) is 0. The molecule has 2 aliphatic heterocycles. The number of hydrogen-bond acceptors (Lipinski definition) is 5. The van der Waals surface area contributed by atoms with Crippen molar-refractivity contribution in [3.63, 3.8) is 0 Å². The molecule has 0 aromatic heterocycles. The Morgan fingerprint density at radius 3 is 2.44 bits per heavy atom. The van der Waals surface area contributed by atoms with E-state index in [2.05, 4.69) is 43.4 Å². The standard InChI is InChI=1S/C31H30N2O3/c1-31(2)27(32-25-14-12-19-7-3-5-9-22(19)28(25)31)18-24-29(35)23(30(24)36)17-21-13-11-20-8-4-6-10-26(20)33(21)15-16-34/h3-14,17-18,23-24,29-30,32,34H,15-16H2,1-2H3/q-2/b21-17-,27-18-. The number of nitrogens with one attached hydrogen (secondary N) is 1. The molecule has 36 heavy (non-hydrogen) atoms. The summed E-state index contributed by atoms with van der Waals surface area (Å²) in [5.41, 5.74) is 5.69. The molecule has 0 spiro atoms. The molecule has 3 aromatic rings. The first-order chi connectivity index (χ1) is 17.4. The molecule has 1 saturated carbocycles. The number of anilines is 2. The highest BCUT2D eigenvalue weighted by Crippen LogP contribution is 2.48. The van der Waals surface area contributed by atoms with Gasteiger partial charge >= 0.3 is 0 Å². The monoisotopic (exact) mass is 478 g/mol. The van der Waals surface area contributed by atoms with Crippen LogP contribution in [0, 0.1) is 11.8 Å². The number of para-hydroxylation sites is 1. The number of allylic oxidation sites excluding steroid dienone is 2. The third-order valence-electron chi connectivity index (χ3n) is 8.03. The Bertz CT molecular complexity index is 1410. The molecule has 2 unspecified atom stereocenters. The zero-order chi connectivity index (χ0) is 25.0. The van der Waals surface area contributed by atoms with Gasteiger partial charge in [0.2, 0.25) is 0 Å². The zero-order valence-electron chi connectivity index (χ0n) is 20.5. The van der Waals surface area contributed by atoms with E-state index in [0.29, 0.717) is 6.54 Å². The third-order valence-corrected chi connectivity index (χ3v) is 8.03. The third kappa shape index (κ3) is 3.50. The van der Waals surface area contributed by atoms with Crippen molar-refractivity contribution in [1.29, 1.82) is 0 Å². The van der Waals surface area contributed by atoms with E-state index in [1.54, 1.807) is 0 Å². The van der Waals surface area contributed by atoms with Gasteiger partial charge in [-0.3, -0.25) is 0 Å². The van der Waals surface area contributed by atoms with E-state index in [-0.39, 0.29) is 12.0 Å². The van der Waals surface area contributed by atoms with Gasteiger partial charge in [-0.25, -0.2) is 0 Å². The maximum atomic E-state index is 13.3. The molecule has 0 saturated heterocycles. The SMILES string of the molecule is CC1(C)/C(=C/C2C([O-])C(/C=C3/C=Cc4ccccc4N3CCO)C2[O-])Nc2ccc3ccccc3c21. The second-order valence-electron chi connectivity index (χ2n) is 10.5. The van der Waals surface area contributed by atoms with E-state index in [4.69, 9.17) is 0 Å². The molecule has 184 valence electrons. The van der Waals surface area contributed by atoms with E-state index in [1.807, 2.05) is 65.6 Å². The minimum Gasteiger partial charge on any atom is -0.851 e. The van der Waals surface area contributed by atoms with Crippen LogP contribution in [0.2, 0.25) is 0 Å². The fourth-order valence-electron chi connectivity index (χ4n) is 6.02.